The third-order valence-corrected chi connectivity index (χ3v) is 3.17. The molecule has 1 heterocycles. The van der Waals surface area contributed by atoms with Gasteiger partial charge in [-0.05, 0) is 39.0 Å². The topological polar surface area (TPSA) is 38.3 Å². The molecular formula is C11H19NO2. The number of hydrogen-bond donors (Lipinski definition) is 1. The van der Waals surface area contributed by atoms with Gasteiger partial charge in [-0.2, -0.15) is 0 Å². The van der Waals surface area contributed by atoms with Gasteiger partial charge in [-0.15, -0.1) is 0 Å². The summed E-state index contributed by atoms with van der Waals surface area (Å²) >= 11 is 0. The highest BCUT2D eigenvalue weighted by Gasteiger charge is 2.41. The van der Waals surface area contributed by atoms with Crippen molar-refractivity contribution >= 4 is 5.91 Å². The first-order valence-electron chi connectivity index (χ1n) is 5.62. The summed E-state index contributed by atoms with van der Waals surface area (Å²) in [4.78, 5) is 11.7. The molecule has 1 saturated carbocycles. The third kappa shape index (κ3) is 1.92. The summed E-state index contributed by atoms with van der Waals surface area (Å²) in [5.74, 6) is 0.729. The molecule has 0 aromatic rings. The SMILES string of the molecule is CC(C)NC(=O)[C@@H]1C[C@H]2CCC[C@H]2O1. The average molecular weight is 197 g/mol. The van der Waals surface area contributed by atoms with Crippen LogP contribution in [0.4, 0.5) is 0 Å². The smallest absolute Gasteiger partial charge is 0.249 e. The molecule has 0 radical (unpaired) electrons. The second-order valence-corrected chi connectivity index (χ2v) is 4.75. The van der Waals surface area contributed by atoms with E-state index in [9.17, 15) is 4.79 Å². The summed E-state index contributed by atoms with van der Waals surface area (Å²) in [7, 11) is 0. The molecule has 0 unspecified atom stereocenters. The van der Waals surface area contributed by atoms with E-state index in [1.807, 2.05) is 13.8 Å². The Morgan fingerprint density at radius 2 is 2.21 bits per heavy atom. The van der Waals surface area contributed by atoms with Crippen LogP contribution in [0.15, 0.2) is 0 Å². The van der Waals surface area contributed by atoms with Crippen LogP contribution < -0.4 is 5.32 Å². The molecule has 2 rings (SSSR count). The van der Waals surface area contributed by atoms with Gasteiger partial charge in [-0.1, -0.05) is 6.42 Å². The third-order valence-electron chi connectivity index (χ3n) is 3.17. The summed E-state index contributed by atoms with van der Waals surface area (Å²) in [6.07, 6.45) is 4.80. The number of carbonyl (C=O) groups excluding carboxylic acids is 1. The average Bonchev–Trinajstić information content (AvgIpc) is 2.58. The molecule has 3 nitrogen and oxygen atoms in total. The second-order valence-electron chi connectivity index (χ2n) is 4.75. The van der Waals surface area contributed by atoms with Crippen molar-refractivity contribution in [1.29, 1.82) is 0 Å². The number of fused-ring (bicyclic) bond motifs is 1. The standard InChI is InChI=1S/C11H19NO2/c1-7(2)12-11(13)10-6-8-4-3-5-9(8)14-10/h7-10H,3-6H2,1-2H3,(H,12,13)/t8-,9-,10+/m1/s1. The van der Waals surface area contributed by atoms with Crippen LogP contribution in [-0.4, -0.2) is 24.2 Å². The minimum absolute atomic E-state index is 0.0781. The first-order chi connectivity index (χ1) is 6.66. The second kappa shape index (κ2) is 3.89. The van der Waals surface area contributed by atoms with Gasteiger partial charge in [0.05, 0.1) is 6.10 Å². The molecule has 3 heteroatoms. The Hall–Kier alpha value is -0.570. The summed E-state index contributed by atoms with van der Waals surface area (Å²) in [6.45, 7) is 3.96. The molecule has 0 bridgehead atoms. The Morgan fingerprint density at radius 3 is 2.86 bits per heavy atom. The van der Waals surface area contributed by atoms with Crippen molar-refractivity contribution in [2.24, 2.45) is 5.92 Å². The maximum atomic E-state index is 11.7. The zero-order valence-corrected chi connectivity index (χ0v) is 8.95. The zero-order valence-electron chi connectivity index (χ0n) is 8.95. The van der Waals surface area contributed by atoms with Crippen LogP contribution in [0, 0.1) is 5.92 Å². The lowest BCUT2D eigenvalue weighted by Crippen LogP contribution is -2.38. The van der Waals surface area contributed by atoms with E-state index in [2.05, 4.69) is 5.32 Å². The molecule has 2 aliphatic rings. The summed E-state index contributed by atoms with van der Waals surface area (Å²) in [5, 5.41) is 2.91. The lowest BCUT2D eigenvalue weighted by molar-refractivity contribution is -0.132. The number of hydrogen-bond acceptors (Lipinski definition) is 2. The van der Waals surface area contributed by atoms with Gasteiger partial charge in [-0.3, -0.25) is 4.79 Å². The molecule has 2 fully saturated rings. The molecule has 1 aliphatic carbocycles. The molecule has 80 valence electrons. The van der Waals surface area contributed by atoms with E-state index in [0.29, 0.717) is 12.0 Å². The number of carbonyl (C=O) groups is 1. The van der Waals surface area contributed by atoms with E-state index in [-0.39, 0.29) is 18.1 Å². The van der Waals surface area contributed by atoms with Crippen LogP contribution in [0.5, 0.6) is 0 Å². The highest BCUT2D eigenvalue weighted by molar-refractivity contribution is 5.81. The van der Waals surface area contributed by atoms with Crippen molar-refractivity contribution < 1.29 is 9.53 Å². The van der Waals surface area contributed by atoms with Crippen LogP contribution in [0.25, 0.3) is 0 Å². The van der Waals surface area contributed by atoms with Gasteiger partial charge in [0.25, 0.3) is 0 Å². The largest absolute Gasteiger partial charge is 0.365 e. The molecule has 1 saturated heterocycles. The lowest BCUT2D eigenvalue weighted by Gasteiger charge is -2.14. The van der Waals surface area contributed by atoms with Crippen LogP contribution in [-0.2, 0) is 9.53 Å². The minimum atomic E-state index is -0.173. The first kappa shape index (κ1) is 9.97. The Kier molecular flexibility index (Phi) is 2.77. The van der Waals surface area contributed by atoms with E-state index >= 15 is 0 Å². The van der Waals surface area contributed by atoms with Crippen molar-refractivity contribution in [3.05, 3.63) is 0 Å². The van der Waals surface area contributed by atoms with Crippen LogP contribution >= 0.6 is 0 Å². The predicted octanol–water partition coefficient (Wildman–Crippen LogP) is 1.47. The molecule has 1 aliphatic heterocycles. The monoisotopic (exact) mass is 197 g/mol. The molecule has 0 aromatic carbocycles. The zero-order chi connectivity index (χ0) is 10.1. The van der Waals surface area contributed by atoms with Gasteiger partial charge in [0, 0.05) is 6.04 Å². The van der Waals surface area contributed by atoms with Crippen molar-refractivity contribution in [2.75, 3.05) is 0 Å². The minimum Gasteiger partial charge on any atom is -0.365 e. The Balaban J connectivity index is 1.86. The highest BCUT2D eigenvalue weighted by Crippen LogP contribution is 2.38. The number of amides is 1. The van der Waals surface area contributed by atoms with Gasteiger partial charge >= 0.3 is 0 Å². The van der Waals surface area contributed by atoms with Gasteiger partial charge in [0.2, 0.25) is 5.91 Å². The van der Waals surface area contributed by atoms with E-state index < -0.39 is 0 Å². The molecule has 0 aromatic heterocycles. The molecule has 1 amide bonds. The Bertz CT molecular complexity index is 215. The maximum Gasteiger partial charge on any atom is 0.249 e. The van der Waals surface area contributed by atoms with E-state index in [0.717, 1.165) is 12.8 Å². The number of nitrogens with one attached hydrogen (secondary N) is 1. The summed E-state index contributed by atoms with van der Waals surface area (Å²) in [5.41, 5.74) is 0. The lowest BCUT2D eigenvalue weighted by atomic mass is 10.0. The van der Waals surface area contributed by atoms with E-state index in [4.69, 9.17) is 4.74 Å². The summed E-state index contributed by atoms with van der Waals surface area (Å²) in [6, 6.07) is 0.214. The van der Waals surface area contributed by atoms with Crippen molar-refractivity contribution in [3.8, 4) is 0 Å². The highest BCUT2D eigenvalue weighted by atomic mass is 16.5. The quantitative estimate of drug-likeness (QED) is 0.728. The predicted molar refractivity (Wildman–Crippen MR) is 53.9 cm³/mol. The van der Waals surface area contributed by atoms with Gasteiger partial charge < -0.3 is 10.1 Å². The first-order valence-corrected chi connectivity index (χ1v) is 5.62. The van der Waals surface area contributed by atoms with Gasteiger partial charge in [0.15, 0.2) is 0 Å². The van der Waals surface area contributed by atoms with Crippen molar-refractivity contribution in [2.45, 2.75) is 57.8 Å². The Labute approximate surface area is 85.2 Å². The molecule has 1 N–H and O–H groups in total. The normalized spacial score (nSPS) is 36.1. The molecule has 14 heavy (non-hydrogen) atoms. The van der Waals surface area contributed by atoms with Crippen LogP contribution in [0.3, 0.4) is 0 Å². The van der Waals surface area contributed by atoms with E-state index in [1.54, 1.807) is 0 Å². The van der Waals surface area contributed by atoms with E-state index in [1.165, 1.54) is 12.8 Å². The summed E-state index contributed by atoms with van der Waals surface area (Å²) < 4.78 is 5.74. The van der Waals surface area contributed by atoms with Gasteiger partial charge in [-0.25, -0.2) is 0 Å². The van der Waals surface area contributed by atoms with Crippen molar-refractivity contribution in [1.82, 2.24) is 5.32 Å². The van der Waals surface area contributed by atoms with Crippen molar-refractivity contribution in [3.63, 3.8) is 0 Å². The molecular weight excluding hydrogens is 178 g/mol. The fourth-order valence-corrected chi connectivity index (χ4v) is 2.54. The fraction of sp³-hybridized carbons (Fsp3) is 0.909. The van der Waals surface area contributed by atoms with Crippen LogP contribution in [0.1, 0.15) is 39.5 Å². The number of ether oxygens (including phenoxy) is 1. The number of rotatable bonds is 2. The van der Waals surface area contributed by atoms with Gasteiger partial charge in [0.1, 0.15) is 6.10 Å². The Morgan fingerprint density at radius 1 is 1.43 bits per heavy atom. The molecule has 3 atom stereocenters. The van der Waals surface area contributed by atoms with Crippen LogP contribution in [0.2, 0.25) is 0 Å². The maximum absolute atomic E-state index is 11.7. The fourth-order valence-electron chi connectivity index (χ4n) is 2.54. The molecule has 0 spiro atoms.